The lowest BCUT2D eigenvalue weighted by molar-refractivity contribution is 0.0879. The molecule has 0 saturated heterocycles. The Bertz CT molecular complexity index is 756. The molecule has 4 nitrogen and oxygen atoms in total. The highest BCUT2D eigenvalue weighted by molar-refractivity contribution is 6.21. The van der Waals surface area contributed by atoms with Gasteiger partial charge in [-0.1, -0.05) is 6.07 Å². The van der Waals surface area contributed by atoms with Crippen molar-refractivity contribution in [1.29, 1.82) is 0 Å². The lowest BCUT2D eigenvalue weighted by Gasteiger charge is -2.10. The minimum absolute atomic E-state index is 0.260. The second kappa shape index (κ2) is 5.01. The smallest absolute Gasteiger partial charge is 0.259 e. The van der Waals surface area contributed by atoms with E-state index in [1.165, 1.54) is 12.1 Å². The van der Waals surface area contributed by atoms with Gasteiger partial charge in [-0.25, -0.2) is 4.39 Å². The van der Waals surface area contributed by atoms with E-state index in [1.54, 1.807) is 24.3 Å². The first-order chi connectivity index (χ1) is 10.0. The zero-order chi connectivity index (χ0) is 15.0. The van der Waals surface area contributed by atoms with Crippen LogP contribution in [0.25, 0.3) is 0 Å². The van der Waals surface area contributed by atoms with Gasteiger partial charge in [-0.2, -0.15) is 0 Å². The zero-order valence-corrected chi connectivity index (χ0v) is 11.4. The van der Waals surface area contributed by atoms with Gasteiger partial charge in [-0.05, 0) is 48.4 Å². The lowest BCUT2D eigenvalue weighted by atomic mass is 10.1. The number of hydrogen-bond acceptors (Lipinski definition) is 3. The van der Waals surface area contributed by atoms with Crippen LogP contribution in [0, 0.1) is 12.7 Å². The van der Waals surface area contributed by atoms with Gasteiger partial charge in [0.15, 0.2) is 0 Å². The minimum Gasteiger partial charge on any atom is -0.381 e. The van der Waals surface area contributed by atoms with E-state index < -0.39 is 0 Å². The summed E-state index contributed by atoms with van der Waals surface area (Å²) in [5.74, 6) is -1.00. The van der Waals surface area contributed by atoms with Crippen LogP contribution in [0.4, 0.5) is 10.1 Å². The van der Waals surface area contributed by atoms with Crippen molar-refractivity contribution in [3.8, 4) is 0 Å². The van der Waals surface area contributed by atoms with Crippen molar-refractivity contribution >= 4 is 17.5 Å². The van der Waals surface area contributed by atoms with E-state index in [-0.39, 0.29) is 17.6 Å². The summed E-state index contributed by atoms with van der Waals surface area (Å²) < 4.78 is 13.0. The average Bonchev–Trinajstić information content (AvgIpc) is 2.73. The van der Waals surface area contributed by atoms with Gasteiger partial charge in [-0.15, -0.1) is 0 Å². The van der Waals surface area contributed by atoms with Gasteiger partial charge in [-0.3, -0.25) is 14.9 Å². The molecule has 0 aliphatic carbocycles. The quantitative estimate of drug-likeness (QED) is 0.852. The summed E-state index contributed by atoms with van der Waals surface area (Å²) >= 11 is 0. The molecule has 0 radical (unpaired) electrons. The Morgan fingerprint density at radius 1 is 1.05 bits per heavy atom. The van der Waals surface area contributed by atoms with E-state index in [1.807, 2.05) is 6.92 Å². The molecule has 1 aliphatic heterocycles. The number of carbonyl (C=O) groups is 2. The number of nitrogens with one attached hydrogen (secondary N) is 2. The number of halogens is 1. The Balaban J connectivity index is 1.79. The normalized spacial score (nSPS) is 13.0. The third-order valence-corrected chi connectivity index (χ3v) is 3.52. The van der Waals surface area contributed by atoms with Gasteiger partial charge in [0, 0.05) is 12.2 Å². The molecule has 0 aromatic heterocycles. The van der Waals surface area contributed by atoms with Gasteiger partial charge in [0.2, 0.25) is 0 Å². The third kappa shape index (κ3) is 2.50. The highest BCUT2D eigenvalue weighted by Crippen LogP contribution is 2.21. The largest absolute Gasteiger partial charge is 0.381 e. The fourth-order valence-electron chi connectivity index (χ4n) is 2.33. The van der Waals surface area contributed by atoms with Gasteiger partial charge < -0.3 is 5.32 Å². The number of carbonyl (C=O) groups excluding carboxylic acids is 2. The molecule has 1 heterocycles. The first kappa shape index (κ1) is 13.3. The third-order valence-electron chi connectivity index (χ3n) is 3.52. The van der Waals surface area contributed by atoms with Crippen molar-refractivity contribution in [1.82, 2.24) is 5.32 Å². The molecule has 0 bridgehead atoms. The molecule has 0 fully saturated rings. The molecule has 106 valence electrons. The van der Waals surface area contributed by atoms with Crippen LogP contribution in [0.5, 0.6) is 0 Å². The van der Waals surface area contributed by atoms with E-state index >= 15 is 0 Å². The second-order valence-electron chi connectivity index (χ2n) is 4.97. The van der Waals surface area contributed by atoms with Crippen LogP contribution < -0.4 is 10.6 Å². The molecule has 2 N–H and O–H groups in total. The van der Waals surface area contributed by atoms with Crippen molar-refractivity contribution < 1.29 is 14.0 Å². The predicted molar refractivity (Wildman–Crippen MR) is 76.7 cm³/mol. The van der Waals surface area contributed by atoms with Crippen molar-refractivity contribution in [3.05, 3.63) is 64.5 Å². The van der Waals surface area contributed by atoms with E-state index in [9.17, 15) is 14.0 Å². The molecule has 2 amide bonds. The van der Waals surface area contributed by atoms with E-state index in [0.717, 1.165) is 16.8 Å². The molecular weight excluding hydrogens is 271 g/mol. The molecule has 21 heavy (non-hydrogen) atoms. The Labute approximate surface area is 121 Å². The first-order valence-electron chi connectivity index (χ1n) is 6.53. The Hall–Kier alpha value is -2.69. The van der Waals surface area contributed by atoms with Crippen LogP contribution in [-0.4, -0.2) is 11.8 Å². The molecule has 5 heteroatoms. The molecule has 1 aliphatic rings. The number of hydrogen-bond donors (Lipinski definition) is 2. The molecule has 3 rings (SSSR count). The van der Waals surface area contributed by atoms with Crippen molar-refractivity contribution in [3.63, 3.8) is 0 Å². The highest BCUT2D eigenvalue weighted by atomic mass is 19.1. The number of aryl methyl sites for hydroxylation is 1. The molecule has 0 unspecified atom stereocenters. The van der Waals surface area contributed by atoms with Crippen LogP contribution in [0.1, 0.15) is 31.8 Å². The fraction of sp³-hybridized carbons (Fsp3) is 0.125. The lowest BCUT2D eigenvalue weighted by Crippen LogP contribution is -2.19. The van der Waals surface area contributed by atoms with Crippen LogP contribution in [0.3, 0.4) is 0 Å². The summed E-state index contributed by atoms with van der Waals surface area (Å²) in [6.07, 6.45) is 0. The highest BCUT2D eigenvalue weighted by Gasteiger charge is 2.26. The standard InChI is InChI=1S/C16H13FN2O2/c1-9-6-11(17)3-2-10(9)8-18-12-4-5-13-14(7-12)16(21)19-15(13)20/h2-7,18H,8H2,1H3,(H,19,20,21). The Kier molecular flexibility index (Phi) is 3.17. The second-order valence-corrected chi connectivity index (χ2v) is 4.97. The summed E-state index contributed by atoms with van der Waals surface area (Å²) in [7, 11) is 0. The molecule has 0 spiro atoms. The maximum Gasteiger partial charge on any atom is 0.259 e. The van der Waals surface area contributed by atoms with Crippen molar-refractivity contribution in [2.24, 2.45) is 0 Å². The summed E-state index contributed by atoms with van der Waals surface area (Å²) in [4.78, 5) is 23.0. The number of anilines is 1. The topological polar surface area (TPSA) is 58.2 Å². The maximum absolute atomic E-state index is 13.0. The Morgan fingerprint density at radius 3 is 2.57 bits per heavy atom. The number of imide groups is 1. The van der Waals surface area contributed by atoms with Gasteiger partial charge in [0.1, 0.15) is 5.82 Å². The summed E-state index contributed by atoms with van der Waals surface area (Å²) in [6, 6.07) is 9.63. The van der Waals surface area contributed by atoms with Crippen LogP contribution >= 0.6 is 0 Å². The van der Waals surface area contributed by atoms with Crippen molar-refractivity contribution in [2.45, 2.75) is 13.5 Å². The number of benzene rings is 2. The number of amides is 2. The fourth-order valence-corrected chi connectivity index (χ4v) is 2.33. The SMILES string of the molecule is Cc1cc(F)ccc1CNc1ccc2c(c1)C(=O)NC2=O. The average molecular weight is 284 g/mol. The maximum atomic E-state index is 13.0. The zero-order valence-electron chi connectivity index (χ0n) is 11.4. The molecule has 2 aromatic carbocycles. The van der Waals surface area contributed by atoms with Crippen LogP contribution in [0.2, 0.25) is 0 Å². The Morgan fingerprint density at radius 2 is 1.81 bits per heavy atom. The summed E-state index contributed by atoms with van der Waals surface area (Å²) in [6.45, 7) is 2.36. The van der Waals surface area contributed by atoms with E-state index in [0.29, 0.717) is 17.7 Å². The van der Waals surface area contributed by atoms with E-state index in [4.69, 9.17) is 0 Å². The van der Waals surface area contributed by atoms with Gasteiger partial charge >= 0.3 is 0 Å². The van der Waals surface area contributed by atoms with Crippen LogP contribution in [0.15, 0.2) is 36.4 Å². The van der Waals surface area contributed by atoms with Crippen LogP contribution in [-0.2, 0) is 6.54 Å². The monoisotopic (exact) mass is 284 g/mol. The summed E-state index contributed by atoms with van der Waals surface area (Å²) in [5.41, 5.74) is 3.33. The predicted octanol–water partition coefficient (Wildman–Crippen LogP) is 2.63. The number of rotatable bonds is 3. The molecular formula is C16H13FN2O2. The first-order valence-corrected chi connectivity index (χ1v) is 6.53. The number of fused-ring (bicyclic) bond motifs is 1. The van der Waals surface area contributed by atoms with Crippen molar-refractivity contribution in [2.75, 3.05) is 5.32 Å². The van der Waals surface area contributed by atoms with Gasteiger partial charge in [0.25, 0.3) is 11.8 Å². The minimum atomic E-state index is -0.378. The molecule has 0 atom stereocenters. The molecule has 0 saturated carbocycles. The van der Waals surface area contributed by atoms with E-state index in [2.05, 4.69) is 10.6 Å². The summed E-state index contributed by atoms with van der Waals surface area (Å²) in [5, 5.41) is 5.42. The van der Waals surface area contributed by atoms with Gasteiger partial charge in [0.05, 0.1) is 11.1 Å². The molecule has 2 aromatic rings.